The van der Waals surface area contributed by atoms with E-state index in [1.54, 1.807) is 11.3 Å². The highest BCUT2D eigenvalue weighted by molar-refractivity contribution is 7.09. The Bertz CT molecular complexity index is 788. The maximum atomic E-state index is 12.6. The molecule has 10 heteroatoms. The van der Waals surface area contributed by atoms with Gasteiger partial charge in [0.05, 0.1) is 18.6 Å². The first-order valence-corrected chi connectivity index (χ1v) is 8.68. The van der Waals surface area contributed by atoms with Crippen LogP contribution in [0, 0.1) is 0 Å². The molecule has 4 heterocycles. The SMILES string of the molecule is O=C(O)C(F)(F)F.O=C1c2cccn2C2CNCC2N1Cc1cccs1. The highest BCUT2D eigenvalue weighted by Crippen LogP contribution is 2.31. The summed E-state index contributed by atoms with van der Waals surface area (Å²) in [6.07, 6.45) is -3.06. The van der Waals surface area contributed by atoms with Gasteiger partial charge in [0, 0.05) is 24.2 Å². The van der Waals surface area contributed by atoms with Gasteiger partial charge in [-0.25, -0.2) is 4.79 Å². The average Bonchev–Trinajstić information content (AvgIpc) is 3.29. The van der Waals surface area contributed by atoms with E-state index in [1.807, 2.05) is 29.3 Å². The minimum Gasteiger partial charge on any atom is -0.475 e. The number of halogens is 3. The van der Waals surface area contributed by atoms with Crippen molar-refractivity contribution in [1.29, 1.82) is 0 Å². The molecule has 26 heavy (non-hydrogen) atoms. The monoisotopic (exact) mass is 387 g/mol. The lowest BCUT2D eigenvalue weighted by molar-refractivity contribution is -0.192. The number of nitrogens with one attached hydrogen (secondary N) is 1. The summed E-state index contributed by atoms with van der Waals surface area (Å²) in [7, 11) is 0. The van der Waals surface area contributed by atoms with E-state index in [0.717, 1.165) is 25.3 Å². The molecule has 0 bridgehead atoms. The largest absolute Gasteiger partial charge is 0.490 e. The van der Waals surface area contributed by atoms with Crippen molar-refractivity contribution in [3.63, 3.8) is 0 Å². The van der Waals surface area contributed by atoms with Gasteiger partial charge in [0.15, 0.2) is 0 Å². The Morgan fingerprint density at radius 1 is 1.27 bits per heavy atom. The molecule has 2 unspecified atom stereocenters. The van der Waals surface area contributed by atoms with E-state index in [2.05, 4.69) is 21.3 Å². The van der Waals surface area contributed by atoms with Gasteiger partial charge in [-0.1, -0.05) is 6.07 Å². The molecule has 2 aliphatic rings. The van der Waals surface area contributed by atoms with Gasteiger partial charge in [0.1, 0.15) is 5.69 Å². The third-order valence-electron chi connectivity index (χ3n) is 4.32. The summed E-state index contributed by atoms with van der Waals surface area (Å²) < 4.78 is 33.9. The molecule has 2 aromatic rings. The normalized spacial score (nSPS) is 21.7. The minimum atomic E-state index is -5.08. The lowest BCUT2D eigenvalue weighted by atomic mass is 10.1. The predicted molar refractivity (Wildman–Crippen MR) is 88.0 cm³/mol. The fourth-order valence-electron chi connectivity index (χ4n) is 3.17. The Labute approximate surface area is 150 Å². The second kappa shape index (κ2) is 7.12. The number of aromatic nitrogens is 1. The van der Waals surface area contributed by atoms with E-state index in [0.29, 0.717) is 6.04 Å². The highest BCUT2D eigenvalue weighted by Gasteiger charge is 2.42. The second-order valence-electron chi connectivity index (χ2n) is 5.91. The predicted octanol–water partition coefficient (Wildman–Crippen LogP) is 2.35. The van der Waals surface area contributed by atoms with Crippen molar-refractivity contribution in [3.8, 4) is 0 Å². The molecule has 2 aromatic heterocycles. The van der Waals surface area contributed by atoms with Crippen LogP contribution in [0.15, 0.2) is 35.8 Å². The van der Waals surface area contributed by atoms with Gasteiger partial charge in [-0.15, -0.1) is 11.3 Å². The Morgan fingerprint density at radius 3 is 2.58 bits per heavy atom. The first-order chi connectivity index (χ1) is 12.3. The van der Waals surface area contributed by atoms with Crippen LogP contribution < -0.4 is 5.32 Å². The van der Waals surface area contributed by atoms with Crippen molar-refractivity contribution in [2.24, 2.45) is 0 Å². The number of alkyl halides is 3. The summed E-state index contributed by atoms with van der Waals surface area (Å²) in [6.45, 7) is 2.56. The molecule has 2 atom stereocenters. The molecule has 1 fully saturated rings. The number of rotatable bonds is 2. The molecule has 4 rings (SSSR count). The van der Waals surface area contributed by atoms with Crippen molar-refractivity contribution in [1.82, 2.24) is 14.8 Å². The summed E-state index contributed by atoms with van der Waals surface area (Å²) in [5.41, 5.74) is 0.821. The van der Waals surface area contributed by atoms with Crippen LogP contribution in [0.25, 0.3) is 0 Å². The van der Waals surface area contributed by atoms with E-state index in [1.165, 1.54) is 4.88 Å². The lowest BCUT2D eigenvalue weighted by Crippen LogP contribution is -2.49. The molecule has 0 spiro atoms. The van der Waals surface area contributed by atoms with Gasteiger partial charge in [-0.3, -0.25) is 4.79 Å². The van der Waals surface area contributed by atoms with Gasteiger partial charge in [-0.2, -0.15) is 13.2 Å². The van der Waals surface area contributed by atoms with E-state index < -0.39 is 12.1 Å². The van der Waals surface area contributed by atoms with Crippen molar-refractivity contribution in [3.05, 3.63) is 46.4 Å². The van der Waals surface area contributed by atoms with Crippen LogP contribution in [0.1, 0.15) is 21.4 Å². The molecule has 0 aromatic carbocycles. The van der Waals surface area contributed by atoms with Gasteiger partial charge in [0.25, 0.3) is 5.91 Å². The molecular formula is C16H16F3N3O3S. The van der Waals surface area contributed by atoms with Crippen LogP contribution in [-0.2, 0) is 11.3 Å². The van der Waals surface area contributed by atoms with Gasteiger partial charge >= 0.3 is 12.1 Å². The highest BCUT2D eigenvalue weighted by atomic mass is 32.1. The fraction of sp³-hybridized carbons (Fsp3) is 0.375. The van der Waals surface area contributed by atoms with Crippen molar-refractivity contribution in [2.75, 3.05) is 13.1 Å². The van der Waals surface area contributed by atoms with E-state index in [4.69, 9.17) is 9.90 Å². The number of amides is 1. The van der Waals surface area contributed by atoms with Crippen molar-refractivity contribution in [2.45, 2.75) is 24.8 Å². The number of carboxylic acid groups (broad SMARTS) is 1. The summed E-state index contributed by atoms with van der Waals surface area (Å²) >= 11 is 1.72. The molecule has 140 valence electrons. The summed E-state index contributed by atoms with van der Waals surface area (Å²) in [6, 6.07) is 8.69. The first-order valence-electron chi connectivity index (χ1n) is 7.80. The maximum absolute atomic E-state index is 12.6. The summed E-state index contributed by atoms with van der Waals surface area (Å²) in [4.78, 5) is 24.8. The number of carbonyl (C=O) groups is 2. The lowest BCUT2D eigenvalue weighted by Gasteiger charge is -2.38. The molecule has 0 radical (unpaired) electrons. The third kappa shape index (κ3) is 3.61. The third-order valence-corrected chi connectivity index (χ3v) is 5.18. The molecule has 1 saturated heterocycles. The topological polar surface area (TPSA) is 74.6 Å². The molecule has 0 saturated carbocycles. The number of hydrogen-bond acceptors (Lipinski definition) is 4. The molecule has 2 aliphatic heterocycles. The minimum absolute atomic E-state index is 0.156. The van der Waals surface area contributed by atoms with E-state index >= 15 is 0 Å². The summed E-state index contributed by atoms with van der Waals surface area (Å²) in [5, 5.41) is 12.6. The molecule has 0 aliphatic carbocycles. The maximum Gasteiger partial charge on any atom is 0.490 e. The van der Waals surface area contributed by atoms with Crippen LogP contribution in [0.5, 0.6) is 0 Å². The van der Waals surface area contributed by atoms with Gasteiger partial charge in [-0.05, 0) is 23.6 Å². The van der Waals surface area contributed by atoms with E-state index in [-0.39, 0.29) is 11.9 Å². The van der Waals surface area contributed by atoms with Crippen LogP contribution >= 0.6 is 11.3 Å². The molecule has 1 amide bonds. The quantitative estimate of drug-likeness (QED) is 0.830. The molecule has 6 nitrogen and oxygen atoms in total. The second-order valence-corrected chi connectivity index (χ2v) is 6.94. The zero-order valence-corrected chi connectivity index (χ0v) is 14.3. The number of nitrogens with zero attached hydrogens (tertiary/aromatic N) is 2. The number of fused-ring (bicyclic) bond motifs is 3. The van der Waals surface area contributed by atoms with Gasteiger partial charge < -0.3 is 19.9 Å². The number of carboxylic acids is 1. The summed E-state index contributed by atoms with van der Waals surface area (Å²) in [5.74, 6) is -2.60. The Hall–Kier alpha value is -2.33. The van der Waals surface area contributed by atoms with Crippen molar-refractivity contribution < 1.29 is 27.9 Å². The average molecular weight is 387 g/mol. The number of aliphatic carboxylic acids is 1. The number of thiophene rings is 1. The van der Waals surface area contributed by atoms with E-state index in [9.17, 15) is 18.0 Å². The smallest absolute Gasteiger partial charge is 0.475 e. The molecule has 2 N–H and O–H groups in total. The zero-order chi connectivity index (χ0) is 18.9. The van der Waals surface area contributed by atoms with Crippen molar-refractivity contribution >= 4 is 23.2 Å². The van der Waals surface area contributed by atoms with Gasteiger partial charge in [0.2, 0.25) is 0 Å². The number of hydrogen-bond donors (Lipinski definition) is 2. The van der Waals surface area contributed by atoms with Crippen LogP contribution in [0.2, 0.25) is 0 Å². The zero-order valence-electron chi connectivity index (χ0n) is 13.4. The molecular weight excluding hydrogens is 371 g/mol. The fourth-order valence-corrected chi connectivity index (χ4v) is 3.88. The van der Waals surface area contributed by atoms with Crippen LogP contribution in [0.3, 0.4) is 0 Å². The van der Waals surface area contributed by atoms with Crippen LogP contribution in [-0.4, -0.2) is 51.8 Å². The standard InChI is InChI=1S/C14H15N3OS.C2HF3O2/c18-14-11-4-1-5-16(11)12-7-15-8-13(12)17(14)9-10-3-2-6-19-10;3-2(4,5)1(6)7/h1-6,12-13,15H,7-9H2;(H,6,7). The Morgan fingerprint density at radius 2 is 1.96 bits per heavy atom. The van der Waals surface area contributed by atoms with Crippen LogP contribution in [0.4, 0.5) is 13.2 Å². The number of carbonyl (C=O) groups excluding carboxylic acids is 1. The Kier molecular flexibility index (Phi) is 5.05. The first kappa shape index (κ1) is 18.5. The Balaban J connectivity index is 0.000000242.